The van der Waals surface area contributed by atoms with Crippen LogP contribution in [0.1, 0.15) is 24.3 Å². The Morgan fingerprint density at radius 1 is 1.37 bits per heavy atom. The van der Waals surface area contributed by atoms with E-state index in [0.717, 1.165) is 6.26 Å². The molecule has 0 spiro atoms. The van der Waals surface area contributed by atoms with Crippen LogP contribution < -0.4 is 5.32 Å². The van der Waals surface area contributed by atoms with Crippen LogP contribution in [0.15, 0.2) is 18.3 Å². The molecule has 7 nitrogen and oxygen atoms in total. The summed E-state index contributed by atoms with van der Waals surface area (Å²) in [5.74, 6) is -2.13. The summed E-state index contributed by atoms with van der Waals surface area (Å²) in [6.07, 6.45) is 2.20. The lowest BCUT2D eigenvalue weighted by Gasteiger charge is -2.21. The molecular weight excluding hydrogens is 272 g/mol. The first-order chi connectivity index (χ1) is 8.57. The third kappa shape index (κ3) is 3.08. The molecule has 1 aromatic rings. The van der Waals surface area contributed by atoms with Crippen molar-refractivity contribution in [1.29, 1.82) is 0 Å². The van der Waals surface area contributed by atoms with Gasteiger partial charge in [0.05, 0.1) is 5.69 Å². The Labute approximate surface area is 110 Å². The molecule has 1 amide bonds. The summed E-state index contributed by atoms with van der Waals surface area (Å²) in [4.78, 5) is 26.5. The van der Waals surface area contributed by atoms with Crippen LogP contribution >= 0.6 is 0 Å². The van der Waals surface area contributed by atoms with Gasteiger partial charge in [-0.25, -0.2) is 18.2 Å². The molecule has 0 atom stereocenters. The second-order valence-corrected chi connectivity index (χ2v) is 7.01. The first-order valence-corrected chi connectivity index (χ1v) is 7.16. The molecule has 1 heterocycles. The van der Waals surface area contributed by atoms with Gasteiger partial charge in [-0.3, -0.25) is 4.79 Å². The first kappa shape index (κ1) is 15.1. The van der Waals surface area contributed by atoms with Gasteiger partial charge in [-0.2, -0.15) is 0 Å². The van der Waals surface area contributed by atoms with Gasteiger partial charge in [0.25, 0.3) is 0 Å². The van der Waals surface area contributed by atoms with Gasteiger partial charge < -0.3 is 10.4 Å². The maximum Gasteiger partial charge on any atom is 0.356 e. The summed E-state index contributed by atoms with van der Waals surface area (Å²) in [5.41, 5.74) is -0.392. The molecule has 19 heavy (non-hydrogen) atoms. The molecule has 0 saturated heterocycles. The topological polar surface area (TPSA) is 113 Å². The fourth-order valence-corrected chi connectivity index (χ4v) is 1.51. The monoisotopic (exact) mass is 286 g/mol. The number of carbonyl (C=O) groups excluding carboxylic acids is 1. The molecule has 0 bridgehead atoms. The number of carboxylic acid groups (broad SMARTS) is 1. The minimum atomic E-state index is -3.63. The van der Waals surface area contributed by atoms with Gasteiger partial charge in [0, 0.05) is 12.5 Å². The number of pyridine rings is 1. The van der Waals surface area contributed by atoms with Gasteiger partial charge in [-0.15, -0.1) is 0 Å². The number of carboxylic acids is 1. The standard InChI is InChI=1S/C11H14N2O5S/c1-11(2,19(3,17)18)10(16)13-7-5-4-6-12-8(7)9(14)15/h4-6H,1-3H3,(H,13,16)(H,14,15). The number of hydrogen-bond donors (Lipinski definition) is 2. The van der Waals surface area contributed by atoms with Crippen molar-refractivity contribution in [2.75, 3.05) is 11.6 Å². The number of hydrogen-bond acceptors (Lipinski definition) is 5. The van der Waals surface area contributed by atoms with Crippen molar-refractivity contribution in [3.8, 4) is 0 Å². The van der Waals surface area contributed by atoms with Crippen LogP contribution in [-0.2, 0) is 14.6 Å². The molecule has 0 aliphatic carbocycles. The molecule has 0 fully saturated rings. The number of aromatic nitrogens is 1. The van der Waals surface area contributed by atoms with Crippen LogP contribution in [0.4, 0.5) is 5.69 Å². The fraction of sp³-hybridized carbons (Fsp3) is 0.364. The Balaban J connectivity index is 3.12. The Kier molecular flexibility index (Phi) is 3.94. The van der Waals surface area contributed by atoms with Crippen LogP contribution in [0.25, 0.3) is 0 Å². The zero-order valence-corrected chi connectivity index (χ0v) is 11.5. The van der Waals surface area contributed by atoms with E-state index in [0.29, 0.717) is 0 Å². The third-order valence-electron chi connectivity index (χ3n) is 2.73. The van der Waals surface area contributed by atoms with Crippen molar-refractivity contribution in [2.24, 2.45) is 0 Å². The van der Waals surface area contributed by atoms with E-state index in [2.05, 4.69) is 10.3 Å². The zero-order chi connectivity index (χ0) is 14.8. The third-order valence-corrected chi connectivity index (χ3v) is 4.77. The molecule has 0 aliphatic rings. The van der Waals surface area contributed by atoms with Crippen LogP contribution in [0.2, 0.25) is 0 Å². The molecule has 0 unspecified atom stereocenters. The minimum Gasteiger partial charge on any atom is -0.476 e. The average Bonchev–Trinajstić information content (AvgIpc) is 2.27. The smallest absolute Gasteiger partial charge is 0.356 e. The molecule has 1 rings (SSSR count). The molecule has 0 radical (unpaired) electrons. The van der Waals surface area contributed by atoms with Gasteiger partial charge in [0.2, 0.25) is 5.91 Å². The minimum absolute atomic E-state index is 0.0447. The zero-order valence-electron chi connectivity index (χ0n) is 10.7. The van der Waals surface area contributed by atoms with Crippen LogP contribution in [-0.4, -0.2) is 41.4 Å². The number of amides is 1. The summed E-state index contributed by atoms with van der Waals surface area (Å²) in [6.45, 7) is 2.49. The lowest BCUT2D eigenvalue weighted by molar-refractivity contribution is -0.117. The van der Waals surface area contributed by atoms with Gasteiger partial charge in [-0.05, 0) is 26.0 Å². The molecule has 2 N–H and O–H groups in total. The highest BCUT2D eigenvalue weighted by Gasteiger charge is 2.38. The number of nitrogens with zero attached hydrogens (tertiary/aromatic N) is 1. The van der Waals surface area contributed by atoms with Crippen molar-refractivity contribution < 1.29 is 23.1 Å². The highest BCUT2D eigenvalue weighted by atomic mass is 32.2. The van der Waals surface area contributed by atoms with Crippen molar-refractivity contribution in [2.45, 2.75) is 18.6 Å². The van der Waals surface area contributed by atoms with Gasteiger partial charge >= 0.3 is 5.97 Å². The quantitative estimate of drug-likeness (QED) is 0.835. The highest BCUT2D eigenvalue weighted by Crippen LogP contribution is 2.20. The van der Waals surface area contributed by atoms with E-state index in [1.807, 2.05) is 0 Å². The molecule has 0 aromatic carbocycles. The number of aromatic carboxylic acids is 1. The number of anilines is 1. The molecular formula is C11H14N2O5S. The molecule has 0 saturated carbocycles. The average molecular weight is 286 g/mol. The van der Waals surface area contributed by atoms with Crippen LogP contribution in [0, 0.1) is 0 Å². The molecule has 1 aromatic heterocycles. The molecule has 104 valence electrons. The summed E-state index contributed by atoms with van der Waals surface area (Å²) >= 11 is 0. The van der Waals surface area contributed by atoms with Crippen molar-refractivity contribution in [1.82, 2.24) is 4.98 Å². The van der Waals surface area contributed by atoms with Crippen molar-refractivity contribution in [3.63, 3.8) is 0 Å². The number of carbonyl (C=O) groups is 2. The number of rotatable bonds is 4. The highest BCUT2D eigenvalue weighted by molar-refractivity contribution is 7.92. The lowest BCUT2D eigenvalue weighted by atomic mass is 10.2. The van der Waals surface area contributed by atoms with E-state index in [1.165, 1.54) is 32.2 Å². The number of nitrogens with one attached hydrogen (secondary N) is 1. The maximum absolute atomic E-state index is 11.9. The summed E-state index contributed by atoms with van der Waals surface area (Å²) in [7, 11) is -3.63. The van der Waals surface area contributed by atoms with Crippen LogP contribution in [0.5, 0.6) is 0 Å². The van der Waals surface area contributed by atoms with Crippen molar-refractivity contribution in [3.05, 3.63) is 24.0 Å². The normalized spacial score (nSPS) is 11.9. The Morgan fingerprint density at radius 2 is 1.95 bits per heavy atom. The summed E-state index contributed by atoms with van der Waals surface area (Å²) < 4.78 is 21.4. The summed E-state index contributed by atoms with van der Waals surface area (Å²) in [5, 5.41) is 11.2. The largest absolute Gasteiger partial charge is 0.476 e. The lowest BCUT2D eigenvalue weighted by Crippen LogP contribution is -2.44. The van der Waals surface area contributed by atoms with Gasteiger partial charge in [0.1, 0.15) is 4.75 Å². The second-order valence-electron chi connectivity index (χ2n) is 4.44. The van der Waals surface area contributed by atoms with E-state index in [4.69, 9.17) is 5.11 Å². The summed E-state index contributed by atoms with van der Waals surface area (Å²) in [6, 6.07) is 2.78. The predicted octanol–water partition coefficient (Wildman–Crippen LogP) is 0.542. The molecule has 0 aliphatic heterocycles. The fourth-order valence-electron chi connectivity index (χ4n) is 1.12. The van der Waals surface area contributed by atoms with Gasteiger partial charge in [-0.1, -0.05) is 0 Å². The van der Waals surface area contributed by atoms with E-state index in [1.54, 1.807) is 0 Å². The Morgan fingerprint density at radius 3 is 2.42 bits per heavy atom. The van der Waals surface area contributed by atoms with E-state index < -0.39 is 26.5 Å². The molecule has 8 heteroatoms. The second kappa shape index (κ2) is 4.96. The van der Waals surface area contributed by atoms with Crippen LogP contribution in [0.3, 0.4) is 0 Å². The van der Waals surface area contributed by atoms with E-state index in [-0.39, 0.29) is 11.4 Å². The van der Waals surface area contributed by atoms with E-state index in [9.17, 15) is 18.0 Å². The SMILES string of the molecule is CC(C)(C(=O)Nc1cccnc1C(=O)O)S(C)(=O)=O. The Bertz CT molecular complexity index is 622. The number of sulfone groups is 1. The first-order valence-electron chi connectivity index (χ1n) is 5.26. The Hall–Kier alpha value is -1.96. The van der Waals surface area contributed by atoms with E-state index >= 15 is 0 Å². The van der Waals surface area contributed by atoms with Crippen molar-refractivity contribution >= 4 is 27.4 Å². The maximum atomic E-state index is 11.9. The predicted molar refractivity (Wildman–Crippen MR) is 68.7 cm³/mol. The van der Waals surface area contributed by atoms with Gasteiger partial charge in [0.15, 0.2) is 15.5 Å².